The third-order valence-corrected chi connectivity index (χ3v) is 2.36. The molecule has 1 N–H and O–H groups in total. The van der Waals surface area contributed by atoms with Crippen LogP contribution in [0.25, 0.3) is 5.69 Å². The Hall–Kier alpha value is -3.12. The van der Waals surface area contributed by atoms with Gasteiger partial charge in [0.1, 0.15) is 12.1 Å². The minimum Gasteiger partial charge on any atom is -0.277 e. The molecule has 0 atom stereocenters. The van der Waals surface area contributed by atoms with Crippen LogP contribution in [0.15, 0.2) is 41.6 Å². The Kier molecular flexibility index (Phi) is 3.56. The molecule has 0 aliphatic heterocycles. The van der Waals surface area contributed by atoms with Gasteiger partial charge in [0.25, 0.3) is 0 Å². The number of hydrogen-bond donors (Lipinski definition) is 1. The predicted octanol–water partition coefficient (Wildman–Crippen LogP) is 2.00. The van der Waals surface area contributed by atoms with E-state index in [0.29, 0.717) is 5.69 Å². The number of nitriles is 2. The smallest absolute Gasteiger partial charge is 0.237 e. The number of nitrogens with one attached hydrogen (secondary N) is 1. The van der Waals surface area contributed by atoms with Gasteiger partial charge in [-0.25, -0.2) is 4.68 Å². The topological polar surface area (TPSA) is 89.8 Å². The van der Waals surface area contributed by atoms with Gasteiger partial charge in [0, 0.05) is 6.20 Å². The van der Waals surface area contributed by atoms with E-state index < -0.39 is 0 Å². The van der Waals surface area contributed by atoms with Crippen LogP contribution in [0.3, 0.4) is 0 Å². The van der Waals surface area contributed by atoms with Crippen molar-refractivity contribution < 1.29 is 0 Å². The van der Waals surface area contributed by atoms with Gasteiger partial charge in [-0.05, 0) is 37.3 Å². The van der Waals surface area contributed by atoms with Crippen molar-refractivity contribution in [3.63, 3.8) is 0 Å². The van der Waals surface area contributed by atoms with Crippen LogP contribution in [-0.4, -0.2) is 15.5 Å². The van der Waals surface area contributed by atoms with E-state index in [1.165, 1.54) is 0 Å². The van der Waals surface area contributed by atoms with E-state index in [-0.39, 0.29) is 5.71 Å². The molecule has 0 aliphatic rings. The van der Waals surface area contributed by atoms with Gasteiger partial charge in [0.15, 0.2) is 0 Å². The van der Waals surface area contributed by atoms with Crippen molar-refractivity contribution >= 4 is 11.4 Å². The first-order valence-electron chi connectivity index (χ1n) is 5.49. The summed E-state index contributed by atoms with van der Waals surface area (Å²) >= 11 is 0. The number of rotatable bonds is 3. The average molecular weight is 250 g/mol. The van der Waals surface area contributed by atoms with Crippen molar-refractivity contribution in [2.75, 3.05) is 5.43 Å². The first-order chi connectivity index (χ1) is 9.22. The van der Waals surface area contributed by atoms with E-state index in [0.717, 1.165) is 11.4 Å². The molecular weight excluding hydrogens is 240 g/mol. The predicted molar refractivity (Wildman–Crippen MR) is 70.6 cm³/mol. The molecule has 1 aromatic heterocycles. The third kappa shape index (κ3) is 2.96. The monoisotopic (exact) mass is 250 g/mol. The summed E-state index contributed by atoms with van der Waals surface area (Å²) in [6.07, 6.45) is 1.87. The first kappa shape index (κ1) is 12.3. The number of aromatic nitrogens is 2. The van der Waals surface area contributed by atoms with Crippen molar-refractivity contribution in [3.05, 3.63) is 42.2 Å². The summed E-state index contributed by atoms with van der Waals surface area (Å²) in [6, 6.07) is 12.6. The molecule has 6 heteroatoms. The third-order valence-electron chi connectivity index (χ3n) is 2.36. The fourth-order valence-electron chi connectivity index (χ4n) is 1.44. The lowest BCUT2D eigenvalue weighted by Gasteiger charge is -2.03. The van der Waals surface area contributed by atoms with E-state index in [9.17, 15) is 0 Å². The molecule has 0 saturated carbocycles. The van der Waals surface area contributed by atoms with Crippen LogP contribution in [0.1, 0.15) is 5.69 Å². The lowest BCUT2D eigenvalue weighted by molar-refractivity contribution is 0.863. The fraction of sp³-hybridized carbons (Fsp3) is 0.0769. The first-order valence-corrected chi connectivity index (χ1v) is 5.49. The Morgan fingerprint density at radius 2 is 1.89 bits per heavy atom. The molecule has 6 nitrogen and oxygen atoms in total. The number of aryl methyl sites for hydroxylation is 1. The fourth-order valence-corrected chi connectivity index (χ4v) is 1.44. The molecule has 0 spiro atoms. The number of nitrogens with zero attached hydrogens (tertiary/aromatic N) is 5. The maximum absolute atomic E-state index is 8.54. The van der Waals surface area contributed by atoms with Crippen molar-refractivity contribution in [1.29, 1.82) is 10.5 Å². The van der Waals surface area contributed by atoms with Crippen LogP contribution in [0.2, 0.25) is 0 Å². The molecule has 2 aromatic rings. The Balaban J connectivity index is 2.14. The summed E-state index contributed by atoms with van der Waals surface area (Å²) in [4.78, 5) is 0. The van der Waals surface area contributed by atoms with Crippen molar-refractivity contribution in [2.45, 2.75) is 6.92 Å². The van der Waals surface area contributed by atoms with Gasteiger partial charge < -0.3 is 0 Å². The van der Waals surface area contributed by atoms with E-state index >= 15 is 0 Å². The summed E-state index contributed by atoms with van der Waals surface area (Å²) in [5.41, 5.74) is 4.98. The second-order valence-corrected chi connectivity index (χ2v) is 3.74. The summed E-state index contributed by atoms with van der Waals surface area (Å²) in [7, 11) is 0. The van der Waals surface area contributed by atoms with Gasteiger partial charge >= 0.3 is 0 Å². The summed E-state index contributed by atoms with van der Waals surface area (Å²) in [6.45, 7) is 1.92. The molecule has 92 valence electrons. The van der Waals surface area contributed by atoms with Crippen LogP contribution < -0.4 is 5.43 Å². The molecule has 0 fully saturated rings. The number of anilines is 1. The molecule has 0 radical (unpaired) electrons. The molecule has 19 heavy (non-hydrogen) atoms. The quantitative estimate of drug-likeness (QED) is 0.666. The molecule has 0 bridgehead atoms. The van der Waals surface area contributed by atoms with Crippen molar-refractivity contribution in [2.24, 2.45) is 5.10 Å². The number of benzene rings is 1. The van der Waals surface area contributed by atoms with Crippen molar-refractivity contribution in [3.8, 4) is 17.8 Å². The summed E-state index contributed by atoms with van der Waals surface area (Å²) in [5.74, 6) is 0. The highest BCUT2D eigenvalue weighted by atomic mass is 15.3. The van der Waals surface area contributed by atoms with Crippen LogP contribution in [-0.2, 0) is 0 Å². The van der Waals surface area contributed by atoms with Gasteiger partial charge in [0.05, 0.1) is 17.1 Å². The lowest BCUT2D eigenvalue weighted by Crippen LogP contribution is -1.98. The Morgan fingerprint density at radius 3 is 2.42 bits per heavy atom. The zero-order valence-corrected chi connectivity index (χ0v) is 10.2. The highest BCUT2D eigenvalue weighted by molar-refractivity contribution is 6.10. The van der Waals surface area contributed by atoms with Crippen LogP contribution >= 0.6 is 0 Å². The Labute approximate surface area is 110 Å². The minimum atomic E-state index is -0.216. The van der Waals surface area contributed by atoms with Gasteiger partial charge in [-0.15, -0.1) is 0 Å². The minimum absolute atomic E-state index is 0.216. The zero-order valence-electron chi connectivity index (χ0n) is 10.2. The Bertz CT molecular complexity index is 665. The Morgan fingerprint density at radius 1 is 1.21 bits per heavy atom. The molecule has 0 unspecified atom stereocenters. The van der Waals surface area contributed by atoms with E-state index in [1.54, 1.807) is 29.0 Å². The van der Waals surface area contributed by atoms with E-state index in [1.807, 2.05) is 31.3 Å². The maximum atomic E-state index is 8.54. The second-order valence-electron chi connectivity index (χ2n) is 3.74. The molecule has 0 amide bonds. The van der Waals surface area contributed by atoms with E-state index in [4.69, 9.17) is 10.5 Å². The SMILES string of the molecule is Cc1ccn(-c2ccc(NN=C(C#N)C#N)cc2)n1. The zero-order chi connectivity index (χ0) is 13.7. The molecule has 2 rings (SSSR count). The summed E-state index contributed by atoms with van der Waals surface area (Å²) in [5, 5.41) is 25.0. The second kappa shape index (κ2) is 5.48. The van der Waals surface area contributed by atoms with Gasteiger partial charge in [-0.3, -0.25) is 5.43 Å². The van der Waals surface area contributed by atoms with Gasteiger partial charge in [-0.1, -0.05) is 0 Å². The largest absolute Gasteiger partial charge is 0.277 e. The van der Waals surface area contributed by atoms with Crippen LogP contribution in [0.5, 0.6) is 0 Å². The maximum Gasteiger partial charge on any atom is 0.237 e. The highest BCUT2D eigenvalue weighted by Crippen LogP contribution is 2.13. The molecule has 1 heterocycles. The normalized spacial score (nSPS) is 9.21. The molecule has 0 saturated heterocycles. The van der Waals surface area contributed by atoms with Gasteiger partial charge in [0.2, 0.25) is 5.71 Å². The number of hydrazone groups is 1. The summed E-state index contributed by atoms with van der Waals surface area (Å²) < 4.78 is 1.76. The van der Waals surface area contributed by atoms with Crippen LogP contribution in [0, 0.1) is 29.6 Å². The van der Waals surface area contributed by atoms with Crippen LogP contribution in [0.4, 0.5) is 5.69 Å². The standard InChI is InChI=1S/C13H10N6/c1-10-6-7-19(18-10)13-4-2-11(3-5-13)16-17-12(8-14)9-15/h2-7,16H,1H3. The lowest BCUT2D eigenvalue weighted by atomic mass is 10.3. The molecule has 1 aromatic carbocycles. The van der Waals surface area contributed by atoms with Gasteiger partial charge in [-0.2, -0.15) is 20.7 Å². The molecular formula is C13H10N6. The van der Waals surface area contributed by atoms with E-state index in [2.05, 4.69) is 15.6 Å². The average Bonchev–Trinajstić information content (AvgIpc) is 2.87. The highest BCUT2D eigenvalue weighted by Gasteiger charge is 1.99. The number of hydrogen-bond acceptors (Lipinski definition) is 5. The molecule has 0 aliphatic carbocycles. The van der Waals surface area contributed by atoms with Crippen molar-refractivity contribution in [1.82, 2.24) is 9.78 Å².